The lowest BCUT2D eigenvalue weighted by molar-refractivity contribution is 0.145. The van der Waals surface area contributed by atoms with Gasteiger partial charge in [0.15, 0.2) is 0 Å². The van der Waals surface area contributed by atoms with Crippen LogP contribution in [0, 0.1) is 14.9 Å². The van der Waals surface area contributed by atoms with E-state index in [9.17, 15) is 8.78 Å². The van der Waals surface area contributed by atoms with Gasteiger partial charge >= 0.3 is 0 Å². The van der Waals surface area contributed by atoms with Gasteiger partial charge in [0, 0.05) is 16.3 Å². The van der Waals surface area contributed by atoms with Crippen molar-refractivity contribution >= 4 is 22.6 Å². The van der Waals surface area contributed by atoms with Gasteiger partial charge in [-0.2, -0.15) is 5.26 Å². The normalized spacial score (nSPS) is 10.4. The van der Waals surface area contributed by atoms with Crippen LogP contribution < -0.4 is 5.73 Å². The molecule has 3 nitrogen and oxygen atoms in total. The van der Waals surface area contributed by atoms with E-state index in [4.69, 9.17) is 11.0 Å². The molecule has 80 valence electrons. The minimum atomic E-state index is -2.61. The van der Waals surface area contributed by atoms with E-state index in [0.717, 1.165) is 0 Å². The zero-order valence-electron chi connectivity index (χ0n) is 7.67. The first-order valence-electron chi connectivity index (χ1n) is 4.13. The number of rotatable bonds is 3. The van der Waals surface area contributed by atoms with Crippen LogP contribution in [-0.4, -0.2) is 4.98 Å². The third-order valence-corrected chi connectivity index (χ3v) is 3.12. The molecule has 0 fully saturated rings. The highest BCUT2D eigenvalue weighted by Gasteiger charge is 2.17. The van der Waals surface area contributed by atoms with Crippen molar-refractivity contribution in [2.24, 2.45) is 5.73 Å². The Morgan fingerprint density at radius 2 is 2.27 bits per heavy atom. The summed E-state index contributed by atoms with van der Waals surface area (Å²) in [6.45, 7) is 0.136. The van der Waals surface area contributed by atoms with E-state index in [0.29, 0.717) is 14.7 Å². The number of nitrogens with zero attached hydrogens (tertiary/aromatic N) is 2. The Labute approximate surface area is 99.4 Å². The molecule has 0 spiro atoms. The maximum Gasteiger partial charge on any atom is 0.281 e. The van der Waals surface area contributed by atoms with Gasteiger partial charge in [0.05, 0.1) is 12.5 Å². The lowest BCUT2D eigenvalue weighted by Crippen LogP contribution is -2.08. The lowest BCUT2D eigenvalue weighted by atomic mass is 10.1. The van der Waals surface area contributed by atoms with Crippen molar-refractivity contribution in [1.82, 2.24) is 4.98 Å². The number of nitrogens with two attached hydrogens (primary N) is 1. The molecule has 2 N–H and O–H groups in total. The highest BCUT2D eigenvalue weighted by Crippen LogP contribution is 2.26. The predicted octanol–water partition coefficient (Wildman–Crippen LogP) is 2.15. The van der Waals surface area contributed by atoms with Gasteiger partial charge in [0.2, 0.25) is 0 Å². The first kappa shape index (κ1) is 12.3. The molecule has 15 heavy (non-hydrogen) atoms. The molecule has 0 atom stereocenters. The van der Waals surface area contributed by atoms with Crippen molar-refractivity contribution in [3.8, 4) is 6.07 Å². The summed E-state index contributed by atoms with van der Waals surface area (Å²) in [5, 5.41) is 8.54. The van der Waals surface area contributed by atoms with E-state index in [1.54, 1.807) is 22.6 Å². The van der Waals surface area contributed by atoms with E-state index >= 15 is 0 Å². The van der Waals surface area contributed by atoms with Crippen LogP contribution in [0.15, 0.2) is 6.20 Å². The Morgan fingerprint density at radius 1 is 1.60 bits per heavy atom. The Bertz CT molecular complexity index is 401. The summed E-state index contributed by atoms with van der Waals surface area (Å²) in [6.07, 6.45) is -1.17. The summed E-state index contributed by atoms with van der Waals surface area (Å²) in [7, 11) is 0. The number of pyridine rings is 1. The van der Waals surface area contributed by atoms with E-state index < -0.39 is 6.43 Å². The first-order valence-corrected chi connectivity index (χ1v) is 5.21. The van der Waals surface area contributed by atoms with Gasteiger partial charge in [-0.05, 0) is 33.7 Å². The van der Waals surface area contributed by atoms with Crippen molar-refractivity contribution < 1.29 is 8.78 Å². The standard InChI is InChI=1S/C9H8F2IN3/c10-9(11)8-7(12)6(3-14)5(1-2-13)4-15-8/h4,9H,1,3,14H2. The quantitative estimate of drug-likeness (QED) is 0.867. The van der Waals surface area contributed by atoms with Crippen molar-refractivity contribution in [3.05, 3.63) is 26.6 Å². The molecule has 0 aromatic carbocycles. The van der Waals surface area contributed by atoms with Crippen molar-refractivity contribution in [1.29, 1.82) is 5.26 Å². The van der Waals surface area contributed by atoms with Crippen LogP contribution in [0.25, 0.3) is 0 Å². The summed E-state index contributed by atoms with van der Waals surface area (Å²) < 4.78 is 25.3. The molecule has 0 unspecified atom stereocenters. The monoisotopic (exact) mass is 323 g/mol. The second-order valence-electron chi connectivity index (χ2n) is 2.80. The summed E-state index contributed by atoms with van der Waals surface area (Å²) in [4.78, 5) is 3.64. The Kier molecular flexibility index (Phi) is 4.35. The highest BCUT2D eigenvalue weighted by atomic mass is 127. The van der Waals surface area contributed by atoms with Crippen molar-refractivity contribution in [2.45, 2.75) is 19.4 Å². The van der Waals surface area contributed by atoms with Crippen LogP contribution >= 0.6 is 22.6 Å². The SMILES string of the molecule is N#CCc1cnc(C(F)F)c(I)c1CN. The van der Waals surface area contributed by atoms with Crippen LogP contribution in [0.5, 0.6) is 0 Å². The summed E-state index contributed by atoms with van der Waals surface area (Å²) in [5.41, 5.74) is 6.40. The number of hydrogen-bond donors (Lipinski definition) is 1. The number of alkyl halides is 2. The molecule has 0 bridgehead atoms. The molecule has 0 radical (unpaired) electrons. The summed E-state index contributed by atoms with van der Waals surface area (Å²) >= 11 is 1.79. The number of nitriles is 1. The Hall–Kier alpha value is -0.810. The van der Waals surface area contributed by atoms with E-state index in [-0.39, 0.29) is 18.7 Å². The lowest BCUT2D eigenvalue weighted by Gasteiger charge is -2.10. The van der Waals surface area contributed by atoms with Gasteiger partial charge in [-0.25, -0.2) is 8.78 Å². The molecule has 1 aromatic heterocycles. The maximum atomic E-state index is 12.5. The van der Waals surface area contributed by atoms with Gasteiger partial charge in [-0.3, -0.25) is 4.98 Å². The zero-order chi connectivity index (χ0) is 11.4. The smallest absolute Gasteiger partial charge is 0.281 e. The molecule has 0 amide bonds. The van der Waals surface area contributed by atoms with Gasteiger partial charge in [-0.15, -0.1) is 0 Å². The van der Waals surface area contributed by atoms with E-state index in [1.807, 2.05) is 6.07 Å². The first-order chi connectivity index (χ1) is 7.11. The fourth-order valence-electron chi connectivity index (χ4n) is 1.19. The van der Waals surface area contributed by atoms with Gasteiger partial charge in [0.25, 0.3) is 6.43 Å². The minimum absolute atomic E-state index is 0.136. The van der Waals surface area contributed by atoms with Crippen molar-refractivity contribution in [2.75, 3.05) is 0 Å². The van der Waals surface area contributed by atoms with Gasteiger partial charge in [0.1, 0.15) is 5.69 Å². The second-order valence-corrected chi connectivity index (χ2v) is 3.88. The molecule has 0 aliphatic carbocycles. The molecule has 0 saturated carbocycles. The van der Waals surface area contributed by atoms with Crippen LogP contribution in [0.4, 0.5) is 8.78 Å². The predicted molar refractivity (Wildman–Crippen MR) is 59.1 cm³/mol. The topological polar surface area (TPSA) is 62.7 Å². The number of aromatic nitrogens is 1. The Morgan fingerprint density at radius 3 is 2.73 bits per heavy atom. The molecule has 0 aliphatic rings. The highest BCUT2D eigenvalue weighted by molar-refractivity contribution is 14.1. The minimum Gasteiger partial charge on any atom is -0.326 e. The van der Waals surface area contributed by atoms with Gasteiger partial charge < -0.3 is 5.73 Å². The van der Waals surface area contributed by atoms with Crippen LogP contribution in [0.1, 0.15) is 23.2 Å². The molecular formula is C9H8F2IN3. The van der Waals surface area contributed by atoms with E-state index in [1.165, 1.54) is 6.20 Å². The number of halogens is 3. The fraction of sp³-hybridized carbons (Fsp3) is 0.333. The molecule has 1 heterocycles. The zero-order valence-corrected chi connectivity index (χ0v) is 9.83. The Balaban J connectivity index is 3.27. The summed E-state index contributed by atoms with van der Waals surface area (Å²) in [6, 6.07) is 1.95. The third kappa shape index (κ3) is 2.60. The number of hydrogen-bond acceptors (Lipinski definition) is 3. The van der Waals surface area contributed by atoms with Crippen LogP contribution in [0.2, 0.25) is 0 Å². The average Bonchev–Trinajstić information content (AvgIpc) is 2.18. The third-order valence-electron chi connectivity index (χ3n) is 1.92. The molecule has 0 saturated heterocycles. The van der Waals surface area contributed by atoms with Gasteiger partial charge in [-0.1, -0.05) is 0 Å². The molecule has 1 aromatic rings. The fourth-order valence-corrected chi connectivity index (χ4v) is 2.13. The van der Waals surface area contributed by atoms with Crippen LogP contribution in [0.3, 0.4) is 0 Å². The molecule has 0 aliphatic heterocycles. The van der Waals surface area contributed by atoms with Crippen molar-refractivity contribution in [3.63, 3.8) is 0 Å². The molecule has 6 heteroatoms. The molecule has 1 rings (SSSR count). The largest absolute Gasteiger partial charge is 0.326 e. The van der Waals surface area contributed by atoms with Crippen LogP contribution in [-0.2, 0) is 13.0 Å². The average molecular weight is 323 g/mol. The maximum absolute atomic E-state index is 12.5. The second kappa shape index (κ2) is 5.32. The summed E-state index contributed by atoms with van der Waals surface area (Å²) in [5.74, 6) is 0. The van der Waals surface area contributed by atoms with E-state index in [2.05, 4.69) is 4.98 Å². The molecular weight excluding hydrogens is 315 g/mol.